The van der Waals surface area contributed by atoms with Crippen LogP contribution in [0.3, 0.4) is 0 Å². The molecule has 0 bridgehead atoms. The summed E-state index contributed by atoms with van der Waals surface area (Å²) in [5.41, 5.74) is 1.60. The maximum Gasteiger partial charge on any atom is 0.289 e. The van der Waals surface area contributed by atoms with Crippen LogP contribution >= 0.6 is 0 Å². The van der Waals surface area contributed by atoms with Gasteiger partial charge >= 0.3 is 0 Å². The van der Waals surface area contributed by atoms with Gasteiger partial charge in [-0.25, -0.2) is 8.42 Å². The summed E-state index contributed by atoms with van der Waals surface area (Å²) < 4.78 is 51.4. The number of nitro groups is 1. The topological polar surface area (TPSA) is 108 Å². The van der Waals surface area contributed by atoms with Crippen LogP contribution in [-0.2, 0) is 30.2 Å². The Labute approximate surface area is 322 Å². The van der Waals surface area contributed by atoms with Crippen molar-refractivity contribution >= 4 is 32.3 Å². The van der Waals surface area contributed by atoms with Gasteiger partial charge in [0.15, 0.2) is 21.5 Å². The number of allylic oxidation sites excluding steroid dienone is 1. The number of benzene rings is 2. The average molecular weight is 787 g/mol. The lowest BCUT2D eigenvalue weighted by molar-refractivity contribution is -0.387. The number of rotatable bonds is 12. The molecule has 296 valence electrons. The lowest BCUT2D eigenvalue weighted by Gasteiger charge is -2.57. The van der Waals surface area contributed by atoms with E-state index in [-0.39, 0.29) is 46.2 Å². The zero-order valence-corrected chi connectivity index (χ0v) is 37.1. The largest absolute Gasteiger partial charge is 0.413 e. The van der Waals surface area contributed by atoms with Gasteiger partial charge in [-0.3, -0.25) is 10.1 Å². The van der Waals surface area contributed by atoms with Gasteiger partial charge in [0.25, 0.3) is 5.69 Å². The molecule has 0 unspecified atom stereocenters. The van der Waals surface area contributed by atoms with Gasteiger partial charge < -0.3 is 13.6 Å². The second kappa shape index (κ2) is 16.9. The Kier molecular flexibility index (Phi) is 13.9. The van der Waals surface area contributed by atoms with Gasteiger partial charge in [0.05, 0.1) is 23.7 Å². The van der Waals surface area contributed by atoms with E-state index in [1.165, 1.54) is 28.1 Å². The molecule has 9 nitrogen and oxygen atoms in total. The molecular weight excluding hydrogens is 721 g/mol. The van der Waals surface area contributed by atoms with Gasteiger partial charge in [0.2, 0.25) is 10.0 Å². The number of para-hydroxylation sites is 1. The van der Waals surface area contributed by atoms with Gasteiger partial charge in [-0.05, 0) is 99.3 Å². The molecule has 1 aliphatic heterocycles. The SMILES string of the molecule is CC1=C[C@@H](CCOCc2ccccc2)[C@]2(CCCN(S(=O)(=O)c3ccccc3[N+](=O)[O-])CCC[C@H]2O[Si](C)(C)C(C)(C)C)[C@H](O[Si](C)(C)C(C)(C)C)C1. The van der Waals surface area contributed by atoms with Crippen LogP contribution in [0, 0.1) is 21.4 Å². The molecule has 4 rings (SSSR count). The molecule has 12 heteroatoms. The van der Waals surface area contributed by atoms with Crippen molar-refractivity contribution in [2.24, 2.45) is 11.3 Å². The van der Waals surface area contributed by atoms with Gasteiger partial charge in [0.1, 0.15) is 0 Å². The van der Waals surface area contributed by atoms with E-state index in [1.807, 2.05) is 18.2 Å². The molecule has 1 heterocycles. The number of ether oxygens (including phenoxy) is 1. The summed E-state index contributed by atoms with van der Waals surface area (Å²) in [7, 11) is -8.76. The van der Waals surface area contributed by atoms with E-state index >= 15 is 0 Å². The normalized spacial score (nSPS) is 24.3. The summed E-state index contributed by atoms with van der Waals surface area (Å²) >= 11 is 0. The van der Waals surface area contributed by atoms with Crippen LogP contribution in [0.15, 0.2) is 71.1 Å². The number of sulfonamides is 1. The van der Waals surface area contributed by atoms with Crippen LogP contribution in [0.4, 0.5) is 5.69 Å². The van der Waals surface area contributed by atoms with E-state index in [1.54, 1.807) is 6.07 Å². The average Bonchev–Trinajstić information content (AvgIpc) is 3.14. The Morgan fingerprint density at radius 1 is 0.868 bits per heavy atom. The number of nitrogens with zero attached hydrogens (tertiary/aromatic N) is 2. The quantitative estimate of drug-likeness (QED) is 0.0693. The highest BCUT2D eigenvalue weighted by Crippen LogP contribution is 2.55. The fraction of sp³-hybridized carbons (Fsp3) is 0.659. The predicted octanol–water partition coefficient (Wildman–Crippen LogP) is 10.5. The maximum atomic E-state index is 14.2. The van der Waals surface area contributed by atoms with Crippen LogP contribution in [0.1, 0.15) is 92.6 Å². The number of hydrogen-bond donors (Lipinski definition) is 0. The molecule has 53 heavy (non-hydrogen) atoms. The number of nitro benzene ring substituents is 1. The standard InChI is InChI=1S/C41H66N2O7SSi2/c1-32-29-34(24-28-48-31-33-19-13-12-14-20-33)41(38(30-32)50-53(10,11)40(5,6)7)25-18-27-42(26-17-23-37(41)49-52(8,9)39(2,3)4)51(46,47)36-22-16-15-21-35(36)43(44)45/h12-16,19-22,29,34,37-38H,17-18,23-28,30-31H2,1-11H3/t34-,37-,38-,41+/m1/s1. The van der Waals surface area contributed by atoms with Crippen LogP contribution in [0.25, 0.3) is 0 Å². The predicted molar refractivity (Wildman–Crippen MR) is 219 cm³/mol. The lowest BCUT2D eigenvalue weighted by Crippen LogP contribution is -2.60. The minimum Gasteiger partial charge on any atom is -0.413 e. The van der Waals surface area contributed by atoms with Gasteiger partial charge in [-0.15, -0.1) is 0 Å². The molecule has 2 aromatic carbocycles. The van der Waals surface area contributed by atoms with Crippen molar-refractivity contribution in [3.63, 3.8) is 0 Å². The Morgan fingerprint density at radius 3 is 2.04 bits per heavy atom. The first-order valence-electron chi connectivity index (χ1n) is 19.4. The molecule has 1 saturated heterocycles. The Bertz CT molecular complexity index is 1690. The molecule has 1 fully saturated rings. The van der Waals surface area contributed by atoms with Gasteiger partial charge in [-0.1, -0.05) is 95.7 Å². The molecule has 2 aromatic rings. The first kappa shape index (κ1) is 43.5. The maximum absolute atomic E-state index is 14.2. The summed E-state index contributed by atoms with van der Waals surface area (Å²) in [6.45, 7) is 26.8. The Morgan fingerprint density at radius 2 is 1.43 bits per heavy atom. The Hall–Kier alpha value is -2.20. The van der Waals surface area contributed by atoms with Crippen molar-refractivity contribution in [1.29, 1.82) is 0 Å². The van der Waals surface area contributed by atoms with E-state index in [9.17, 15) is 18.5 Å². The molecule has 0 N–H and O–H groups in total. The third-order valence-electron chi connectivity index (χ3n) is 12.6. The summed E-state index contributed by atoms with van der Waals surface area (Å²) in [5, 5.41) is 11.9. The van der Waals surface area contributed by atoms with Gasteiger partial charge in [0, 0.05) is 31.2 Å². The van der Waals surface area contributed by atoms with Crippen molar-refractivity contribution in [3.05, 3.63) is 81.9 Å². The highest BCUT2D eigenvalue weighted by molar-refractivity contribution is 7.89. The summed E-state index contributed by atoms with van der Waals surface area (Å²) in [6, 6.07) is 15.9. The molecule has 1 aliphatic carbocycles. The van der Waals surface area contributed by atoms with Crippen molar-refractivity contribution < 1.29 is 26.9 Å². The zero-order valence-electron chi connectivity index (χ0n) is 34.2. The highest BCUT2D eigenvalue weighted by Gasteiger charge is 2.57. The first-order chi connectivity index (χ1) is 24.5. The smallest absolute Gasteiger partial charge is 0.289 e. The second-order valence-electron chi connectivity index (χ2n) is 18.4. The third-order valence-corrected chi connectivity index (χ3v) is 23.5. The number of hydrogen-bond acceptors (Lipinski definition) is 7. The van der Waals surface area contributed by atoms with E-state index in [0.29, 0.717) is 38.9 Å². The van der Waals surface area contributed by atoms with E-state index in [2.05, 4.69) is 92.9 Å². The van der Waals surface area contributed by atoms with Crippen molar-refractivity contribution in [1.82, 2.24) is 4.31 Å². The third kappa shape index (κ3) is 9.98. The fourth-order valence-corrected chi connectivity index (χ4v) is 12.0. The van der Waals surface area contributed by atoms with E-state index < -0.39 is 42.7 Å². The molecule has 0 saturated carbocycles. The lowest BCUT2D eigenvalue weighted by atomic mass is 9.59. The Balaban J connectivity index is 1.82. The molecule has 4 atom stereocenters. The van der Waals surface area contributed by atoms with Crippen molar-refractivity contribution in [2.45, 2.75) is 147 Å². The molecule has 0 amide bonds. The van der Waals surface area contributed by atoms with Crippen LogP contribution in [0.5, 0.6) is 0 Å². The summed E-state index contributed by atoms with van der Waals surface area (Å²) in [4.78, 5) is 11.1. The first-order valence-corrected chi connectivity index (χ1v) is 26.7. The van der Waals surface area contributed by atoms with Crippen molar-refractivity contribution in [3.8, 4) is 0 Å². The molecule has 0 aromatic heterocycles. The van der Waals surface area contributed by atoms with Gasteiger partial charge in [-0.2, -0.15) is 4.31 Å². The minimum atomic E-state index is -4.14. The molecule has 1 spiro atoms. The van der Waals surface area contributed by atoms with Crippen LogP contribution < -0.4 is 0 Å². The molecular formula is C41H66N2O7SSi2. The monoisotopic (exact) mass is 786 g/mol. The second-order valence-corrected chi connectivity index (χ2v) is 29.8. The van der Waals surface area contributed by atoms with Crippen molar-refractivity contribution in [2.75, 3.05) is 19.7 Å². The fourth-order valence-electron chi connectivity index (χ4n) is 7.55. The summed E-state index contributed by atoms with van der Waals surface area (Å²) in [5.74, 6) is 0.0786. The molecule has 0 radical (unpaired) electrons. The zero-order chi connectivity index (χ0) is 39.5. The minimum absolute atomic E-state index is 0.0128. The highest BCUT2D eigenvalue weighted by atomic mass is 32.2. The van der Waals surface area contributed by atoms with Crippen LogP contribution in [-0.4, -0.2) is 66.2 Å². The molecule has 2 aliphatic rings. The van der Waals surface area contributed by atoms with Crippen LogP contribution in [0.2, 0.25) is 36.3 Å². The van der Waals surface area contributed by atoms with E-state index in [4.69, 9.17) is 13.6 Å². The van der Waals surface area contributed by atoms with E-state index in [0.717, 1.165) is 18.4 Å². The summed E-state index contributed by atoms with van der Waals surface area (Å²) in [6.07, 6.45) is 6.20.